The third-order valence-electron chi connectivity index (χ3n) is 5.00. The summed E-state index contributed by atoms with van der Waals surface area (Å²) in [6, 6.07) is 6.92. The van der Waals surface area contributed by atoms with E-state index in [0.717, 1.165) is 54.6 Å². The highest BCUT2D eigenvalue weighted by molar-refractivity contribution is 7.09. The summed E-state index contributed by atoms with van der Waals surface area (Å²) in [5, 5.41) is 6.11. The summed E-state index contributed by atoms with van der Waals surface area (Å²) in [5.74, 6) is -0.0101. The van der Waals surface area contributed by atoms with Crippen LogP contribution in [0.25, 0.3) is 0 Å². The average molecular weight is 387 g/mol. The maximum absolute atomic E-state index is 12.4. The molecule has 1 amide bonds. The first kappa shape index (κ1) is 19.8. The third kappa shape index (κ3) is 5.30. The quantitative estimate of drug-likeness (QED) is 0.822. The fraction of sp³-hybridized carbons (Fsp3) is 0.524. The van der Waals surface area contributed by atoms with Gasteiger partial charge in [0.15, 0.2) is 0 Å². The van der Waals surface area contributed by atoms with Crippen molar-refractivity contribution >= 4 is 28.6 Å². The molecule has 1 aliphatic rings. The number of nitrogens with zero attached hydrogens (tertiary/aromatic N) is 3. The number of amides is 1. The van der Waals surface area contributed by atoms with Crippen molar-refractivity contribution in [3.63, 3.8) is 0 Å². The minimum atomic E-state index is -0.0101. The molecule has 0 radical (unpaired) electrons. The second kappa shape index (κ2) is 8.85. The van der Waals surface area contributed by atoms with Gasteiger partial charge in [0, 0.05) is 49.0 Å². The van der Waals surface area contributed by atoms with Gasteiger partial charge in [-0.15, -0.1) is 11.3 Å². The van der Waals surface area contributed by atoms with Gasteiger partial charge in [0.2, 0.25) is 5.91 Å². The number of hydrogen-bond acceptors (Lipinski definition) is 5. The summed E-state index contributed by atoms with van der Waals surface area (Å²) in [4.78, 5) is 21.8. The van der Waals surface area contributed by atoms with Gasteiger partial charge in [0.1, 0.15) is 0 Å². The Morgan fingerprint density at radius 1 is 1.22 bits per heavy atom. The van der Waals surface area contributed by atoms with Crippen molar-refractivity contribution in [2.45, 2.75) is 46.6 Å². The van der Waals surface area contributed by atoms with E-state index in [9.17, 15) is 4.79 Å². The van der Waals surface area contributed by atoms with Crippen molar-refractivity contribution in [3.8, 4) is 0 Å². The molecule has 0 spiro atoms. The fourth-order valence-corrected chi connectivity index (χ4v) is 4.22. The van der Waals surface area contributed by atoms with Gasteiger partial charge in [0.25, 0.3) is 0 Å². The zero-order valence-electron chi connectivity index (χ0n) is 16.8. The van der Waals surface area contributed by atoms with E-state index < -0.39 is 0 Å². The van der Waals surface area contributed by atoms with Gasteiger partial charge in [-0.05, 0) is 51.0 Å². The summed E-state index contributed by atoms with van der Waals surface area (Å²) in [6.45, 7) is 12.9. The van der Waals surface area contributed by atoms with Crippen LogP contribution in [0.15, 0.2) is 23.6 Å². The van der Waals surface area contributed by atoms with Gasteiger partial charge < -0.3 is 10.2 Å². The molecule has 2 aromatic rings. The van der Waals surface area contributed by atoms with Gasteiger partial charge in [-0.3, -0.25) is 9.69 Å². The Morgan fingerprint density at radius 3 is 2.59 bits per heavy atom. The van der Waals surface area contributed by atoms with Crippen LogP contribution in [-0.4, -0.2) is 48.0 Å². The molecule has 1 aromatic heterocycles. The second-order valence-electron chi connectivity index (χ2n) is 7.49. The SMILES string of the molecule is CCc1nc(CC(=O)Nc2cc(C)cc(N3CCN(C(C)C)CC3)c2)cs1. The first-order valence-electron chi connectivity index (χ1n) is 9.78. The summed E-state index contributed by atoms with van der Waals surface area (Å²) in [7, 11) is 0. The average Bonchev–Trinajstić information content (AvgIpc) is 3.08. The Balaban J connectivity index is 1.63. The number of carbonyl (C=O) groups excluding carboxylic acids is 1. The normalized spacial score (nSPS) is 15.4. The van der Waals surface area contributed by atoms with Crippen LogP contribution in [0.3, 0.4) is 0 Å². The maximum atomic E-state index is 12.4. The molecule has 0 unspecified atom stereocenters. The molecule has 1 saturated heterocycles. The number of rotatable bonds is 6. The molecule has 0 bridgehead atoms. The van der Waals surface area contributed by atoms with Gasteiger partial charge in [-0.2, -0.15) is 0 Å². The predicted molar refractivity (Wildman–Crippen MR) is 114 cm³/mol. The number of nitrogens with one attached hydrogen (secondary N) is 1. The molecular weight excluding hydrogens is 356 g/mol. The summed E-state index contributed by atoms with van der Waals surface area (Å²) >= 11 is 1.62. The van der Waals surface area contributed by atoms with Gasteiger partial charge >= 0.3 is 0 Å². The van der Waals surface area contributed by atoms with E-state index in [-0.39, 0.29) is 5.91 Å². The van der Waals surface area contributed by atoms with Gasteiger partial charge in [-0.1, -0.05) is 6.92 Å². The molecule has 1 aromatic carbocycles. The molecule has 5 nitrogen and oxygen atoms in total. The molecule has 0 atom stereocenters. The van der Waals surface area contributed by atoms with Gasteiger partial charge in [0.05, 0.1) is 17.1 Å². The molecule has 3 rings (SSSR count). The Morgan fingerprint density at radius 2 is 1.96 bits per heavy atom. The standard InChI is InChI=1S/C21H30N4OS/c1-5-21-23-18(14-27-21)13-20(26)22-17-10-16(4)11-19(12-17)25-8-6-24(7-9-25)15(2)3/h10-12,14-15H,5-9,13H2,1-4H3,(H,22,26). The number of hydrogen-bond donors (Lipinski definition) is 1. The third-order valence-corrected chi connectivity index (χ3v) is 6.04. The number of benzene rings is 1. The van der Waals surface area contributed by atoms with E-state index in [1.165, 1.54) is 5.69 Å². The van der Waals surface area contributed by atoms with Gasteiger partial charge in [-0.25, -0.2) is 4.98 Å². The molecule has 1 aliphatic heterocycles. The first-order chi connectivity index (χ1) is 12.9. The molecule has 2 heterocycles. The maximum Gasteiger partial charge on any atom is 0.230 e. The molecule has 0 aliphatic carbocycles. The van der Waals surface area contributed by atoms with E-state index >= 15 is 0 Å². The van der Waals surface area contributed by atoms with Crippen LogP contribution in [-0.2, 0) is 17.6 Å². The van der Waals surface area contributed by atoms with E-state index in [0.29, 0.717) is 12.5 Å². The van der Waals surface area contributed by atoms with Crippen LogP contribution in [0.2, 0.25) is 0 Å². The zero-order valence-corrected chi connectivity index (χ0v) is 17.6. The van der Waals surface area contributed by atoms with Crippen LogP contribution in [0.5, 0.6) is 0 Å². The lowest BCUT2D eigenvalue weighted by Gasteiger charge is -2.38. The first-order valence-corrected chi connectivity index (χ1v) is 10.7. The smallest absolute Gasteiger partial charge is 0.230 e. The fourth-order valence-electron chi connectivity index (χ4n) is 3.48. The van der Waals surface area contributed by atoms with Crippen LogP contribution < -0.4 is 10.2 Å². The van der Waals surface area contributed by atoms with E-state index in [4.69, 9.17) is 0 Å². The lowest BCUT2D eigenvalue weighted by Crippen LogP contribution is -2.48. The van der Waals surface area contributed by atoms with Crippen LogP contribution in [0, 0.1) is 6.92 Å². The molecule has 27 heavy (non-hydrogen) atoms. The number of anilines is 2. The zero-order chi connectivity index (χ0) is 19.4. The van der Waals surface area contributed by atoms with Crippen molar-refractivity contribution in [1.82, 2.24) is 9.88 Å². The van der Waals surface area contributed by atoms with Crippen molar-refractivity contribution in [2.24, 2.45) is 0 Å². The van der Waals surface area contributed by atoms with Crippen molar-refractivity contribution in [1.29, 1.82) is 0 Å². The minimum Gasteiger partial charge on any atom is -0.369 e. The Hall–Kier alpha value is -1.92. The van der Waals surface area contributed by atoms with Crippen molar-refractivity contribution < 1.29 is 4.79 Å². The van der Waals surface area contributed by atoms with Crippen molar-refractivity contribution in [3.05, 3.63) is 39.8 Å². The van der Waals surface area contributed by atoms with Crippen LogP contribution in [0.1, 0.15) is 37.0 Å². The molecule has 1 fully saturated rings. The highest BCUT2D eigenvalue weighted by Gasteiger charge is 2.19. The van der Waals surface area contributed by atoms with E-state index in [1.54, 1.807) is 11.3 Å². The van der Waals surface area contributed by atoms with Crippen LogP contribution in [0.4, 0.5) is 11.4 Å². The Labute approximate surface area is 166 Å². The molecular formula is C21H30N4OS. The molecule has 1 N–H and O–H groups in total. The van der Waals surface area contributed by atoms with Crippen LogP contribution >= 0.6 is 11.3 Å². The van der Waals surface area contributed by atoms with E-state index in [2.05, 4.69) is 59.9 Å². The summed E-state index contributed by atoms with van der Waals surface area (Å²) < 4.78 is 0. The summed E-state index contributed by atoms with van der Waals surface area (Å²) in [5.41, 5.74) is 4.07. The lowest BCUT2D eigenvalue weighted by atomic mass is 10.1. The van der Waals surface area contributed by atoms with Crippen molar-refractivity contribution in [2.75, 3.05) is 36.4 Å². The molecule has 0 saturated carbocycles. The highest BCUT2D eigenvalue weighted by atomic mass is 32.1. The number of aromatic nitrogens is 1. The molecule has 6 heteroatoms. The minimum absolute atomic E-state index is 0.0101. The largest absolute Gasteiger partial charge is 0.369 e. The predicted octanol–water partition coefficient (Wildman–Crippen LogP) is 3.73. The highest BCUT2D eigenvalue weighted by Crippen LogP contribution is 2.24. The van der Waals surface area contributed by atoms with E-state index in [1.807, 2.05) is 11.4 Å². The second-order valence-corrected chi connectivity index (χ2v) is 8.43. The summed E-state index contributed by atoms with van der Waals surface area (Å²) in [6.07, 6.45) is 1.24. The number of aryl methyl sites for hydroxylation is 2. The Kier molecular flexibility index (Phi) is 6.50. The monoisotopic (exact) mass is 386 g/mol. The number of piperazine rings is 1. The Bertz CT molecular complexity index is 778. The lowest BCUT2D eigenvalue weighted by molar-refractivity contribution is -0.115. The topological polar surface area (TPSA) is 48.5 Å². The number of thiazole rings is 1. The molecule has 146 valence electrons. The number of carbonyl (C=O) groups is 1.